The van der Waals surface area contributed by atoms with E-state index < -0.39 is 0 Å². The standard InChI is InChI=1S/C19H26N2O3/c1-14(22)20-11-3-5-16(13-20)19(23)21-12-4-6-18(21)15-7-9-17(24-2)10-8-15/h7-10,16,18H,3-6,11-13H2,1-2H3/t16-,18-/m1/s1. The molecule has 2 saturated heterocycles. The van der Waals surface area contributed by atoms with E-state index >= 15 is 0 Å². The van der Waals surface area contributed by atoms with Gasteiger partial charge in [0.05, 0.1) is 19.1 Å². The van der Waals surface area contributed by atoms with E-state index in [0.717, 1.165) is 44.5 Å². The summed E-state index contributed by atoms with van der Waals surface area (Å²) in [6.07, 6.45) is 3.83. The zero-order chi connectivity index (χ0) is 17.1. The van der Waals surface area contributed by atoms with Gasteiger partial charge in [0.25, 0.3) is 0 Å². The normalized spacial score (nSPS) is 24.1. The predicted octanol–water partition coefficient (Wildman–Crippen LogP) is 2.62. The molecule has 2 atom stereocenters. The molecule has 0 aromatic heterocycles. The van der Waals surface area contributed by atoms with Gasteiger partial charge >= 0.3 is 0 Å². The highest BCUT2D eigenvalue weighted by molar-refractivity contribution is 5.81. The molecule has 5 heteroatoms. The van der Waals surface area contributed by atoms with Gasteiger partial charge in [-0.25, -0.2) is 0 Å². The Hall–Kier alpha value is -2.04. The van der Waals surface area contributed by atoms with Crippen LogP contribution in [0.15, 0.2) is 24.3 Å². The number of rotatable bonds is 3. The van der Waals surface area contributed by atoms with Crippen LogP contribution in [0.2, 0.25) is 0 Å². The van der Waals surface area contributed by atoms with E-state index in [0.29, 0.717) is 6.54 Å². The fraction of sp³-hybridized carbons (Fsp3) is 0.579. The Morgan fingerprint density at radius 3 is 2.46 bits per heavy atom. The third kappa shape index (κ3) is 3.40. The summed E-state index contributed by atoms with van der Waals surface area (Å²) in [4.78, 5) is 28.5. The molecule has 0 unspecified atom stereocenters. The summed E-state index contributed by atoms with van der Waals surface area (Å²) in [7, 11) is 1.66. The number of ether oxygens (including phenoxy) is 1. The second-order valence-electron chi connectivity index (χ2n) is 6.77. The molecule has 2 heterocycles. The summed E-state index contributed by atoms with van der Waals surface area (Å²) in [5.41, 5.74) is 1.17. The first-order valence-corrected chi connectivity index (χ1v) is 8.80. The average Bonchev–Trinajstić information content (AvgIpc) is 3.11. The van der Waals surface area contributed by atoms with E-state index in [1.807, 2.05) is 21.9 Å². The van der Waals surface area contributed by atoms with E-state index in [1.165, 1.54) is 5.56 Å². The molecule has 1 aromatic rings. The van der Waals surface area contributed by atoms with Crippen molar-refractivity contribution < 1.29 is 14.3 Å². The summed E-state index contributed by atoms with van der Waals surface area (Å²) < 4.78 is 5.22. The van der Waals surface area contributed by atoms with Crippen molar-refractivity contribution in [2.45, 2.75) is 38.6 Å². The van der Waals surface area contributed by atoms with E-state index in [1.54, 1.807) is 14.0 Å². The van der Waals surface area contributed by atoms with Crippen LogP contribution >= 0.6 is 0 Å². The van der Waals surface area contributed by atoms with Gasteiger partial charge in [0.1, 0.15) is 5.75 Å². The van der Waals surface area contributed by atoms with Crippen LogP contribution in [-0.2, 0) is 9.59 Å². The van der Waals surface area contributed by atoms with Gasteiger partial charge in [0.2, 0.25) is 11.8 Å². The van der Waals surface area contributed by atoms with Crippen molar-refractivity contribution >= 4 is 11.8 Å². The van der Waals surface area contributed by atoms with E-state index in [9.17, 15) is 9.59 Å². The maximum Gasteiger partial charge on any atom is 0.227 e. The number of hydrogen-bond donors (Lipinski definition) is 0. The molecule has 0 N–H and O–H groups in total. The Bertz CT molecular complexity index is 599. The monoisotopic (exact) mass is 330 g/mol. The zero-order valence-corrected chi connectivity index (χ0v) is 14.5. The quantitative estimate of drug-likeness (QED) is 0.856. The van der Waals surface area contributed by atoms with Crippen molar-refractivity contribution in [3.63, 3.8) is 0 Å². The van der Waals surface area contributed by atoms with Crippen molar-refractivity contribution in [2.24, 2.45) is 5.92 Å². The summed E-state index contributed by atoms with van der Waals surface area (Å²) in [5.74, 6) is 1.06. The highest BCUT2D eigenvalue weighted by Crippen LogP contribution is 2.35. The molecular formula is C19H26N2O3. The molecule has 2 aliphatic heterocycles. The molecule has 130 valence electrons. The van der Waals surface area contributed by atoms with Gasteiger partial charge < -0.3 is 14.5 Å². The number of likely N-dealkylation sites (tertiary alicyclic amines) is 2. The number of carbonyl (C=O) groups excluding carboxylic acids is 2. The zero-order valence-electron chi connectivity index (χ0n) is 14.5. The van der Waals surface area contributed by atoms with Gasteiger partial charge in [-0.15, -0.1) is 0 Å². The Morgan fingerprint density at radius 2 is 1.79 bits per heavy atom. The first-order valence-electron chi connectivity index (χ1n) is 8.80. The molecule has 0 radical (unpaired) electrons. The lowest BCUT2D eigenvalue weighted by atomic mass is 9.95. The fourth-order valence-electron chi connectivity index (χ4n) is 3.90. The Balaban J connectivity index is 1.72. The fourth-order valence-corrected chi connectivity index (χ4v) is 3.90. The maximum atomic E-state index is 13.0. The Morgan fingerprint density at radius 1 is 1.08 bits per heavy atom. The molecule has 24 heavy (non-hydrogen) atoms. The third-order valence-corrected chi connectivity index (χ3v) is 5.25. The Kier molecular flexibility index (Phi) is 5.07. The van der Waals surface area contributed by atoms with E-state index in [2.05, 4.69) is 12.1 Å². The third-order valence-electron chi connectivity index (χ3n) is 5.25. The lowest BCUT2D eigenvalue weighted by Gasteiger charge is -2.35. The highest BCUT2D eigenvalue weighted by Gasteiger charge is 2.36. The van der Waals surface area contributed by atoms with E-state index in [4.69, 9.17) is 4.74 Å². The first kappa shape index (κ1) is 16.8. The summed E-state index contributed by atoms with van der Waals surface area (Å²) in [6, 6.07) is 8.16. The molecule has 0 spiro atoms. The Labute approximate surface area is 143 Å². The summed E-state index contributed by atoms with van der Waals surface area (Å²) >= 11 is 0. The second kappa shape index (κ2) is 7.24. The summed E-state index contributed by atoms with van der Waals surface area (Å²) in [6.45, 7) is 3.75. The predicted molar refractivity (Wildman–Crippen MR) is 91.7 cm³/mol. The number of benzene rings is 1. The average molecular weight is 330 g/mol. The van der Waals surface area contributed by atoms with Crippen LogP contribution in [0.5, 0.6) is 5.75 Å². The molecule has 0 bridgehead atoms. The van der Waals surface area contributed by atoms with Crippen LogP contribution in [0, 0.1) is 5.92 Å². The van der Waals surface area contributed by atoms with Gasteiger partial charge in [0, 0.05) is 26.6 Å². The molecular weight excluding hydrogens is 304 g/mol. The van der Waals surface area contributed by atoms with E-state index in [-0.39, 0.29) is 23.8 Å². The molecule has 2 fully saturated rings. The lowest BCUT2D eigenvalue weighted by Crippen LogP contribution is -2.46. The maximum absolute atomic E-state index is 13.0. The topological polar surface area (TPSA) is 49.9 Å². The molecule has 3 rings (SSSR count). The SMILES string of the molecule is COc1ccc([C@H]2CCCN2C(=O)[C@@H]2CCCN(C(C)=O)C2)cc1. The number of piperidine rings is 1. The van der Waals surface area contributed by atoms with Crippen LogP contribution in [-0.4, -0.2) is 48.4 Å². The van der Waals surface area contributed by atoms with Gasteiger partial charge in [-0.1, -0.05) is 12.1 Å². The van der Waals surface area contributed by atoms with Crippen LogP contribution < -0.4 is 4.74 Å². The van der Waals surface area contributed by atoms with Crippen molar-refractivity contribution in [2.75, 3.05) is 26.7 Å². The number of nitrogens with zero attached hydrogens (tertiary/aromatic N) is 2. The van der Waals surface area contributed by atoms with Crippen molar-refractivity contribution in [3.05, 3.63) is 29.8 Å². The minimum Gasteiger partial charge on any atom is -0.497 e. The van der Waals surface area contributed by atoms with Gasteiger partial charge in [-0.2, -0.15) is 0 Å². The first-order chi connectivity index (χ1) is 11.6. The van der Waals surface area contributed by atoms with Gasteiger partial charge in [0.15, 0.2) is 0 Å². The lowest BCUT2D eigenvalue weighted by molar-refractivity contribution is -0.140. The van der Waals surface area contributed by atoms with Crippen LogP contribution in [0.4, 0.5) is 0 Å². The summed E-state index contributed by atoms with van der Waals surface area (Å²) in [5, 5.41) is 0. The van der Waals surface area contributed by atoms with Crippen molar-refractivity contribution in [3.8, 4) is 5.75 Å². The van der Waals surface area contributed by atoms with Crippen molar-refractivity contribution in [1.29, 1.82) is 0 Å². The van der Waals surface area contributed by atoms with Crippen LogP contribution in [0.1, 0.15) is 44.2 Å². The molecule has 5 nitrogen and oxygen atoms in total. The van der Waals surface area contributed by atoms with Crippen LogP contribution in [0.25, 0.3) is 0 Å². The number of methoxy groups -OCH3 is 1. The van der Waals surface area contributed by atoms with Crippen molar-refractivity contribution in [1.82, 2.24) is 9.80 Å². The minimum absolute atomic E-state index is 0.0542. The molecule has 0 aliphatic carbocycles. The molecule has 2 amide bonds. The smallest absolute Gasteiger partial charge is 0.227 e. The molecule has 2 aliphatic rings. The molecule has 1 aromatic carbocycles. The number of carbonyl (C=O) groups is 2. The number of hydrogen-bond acceptors (Lipinski definition) is 3. The molecule has 0 saturated carbocycles. The minimum atomic E-state index is -0.0542. The van der Waals surface area contributed by atoms with Gasteiger partial charge in [-0.05, 0) is 43.4 Å². The number of amides is 2. The largest absolute Gasteiger partial charge is 0.497 e. The van der Waals surface area contributed by atoms with Gasteiger partial charge in [-0.3, -0.25) is 9.59 Å². The van der Waals surface area contributed by atoms with Crippen LogP contribution in [0.3, 0.4) is 0 Å². The second-order valence-corrected chi connectivity index (χ2v) is 6.77. The highest BCUT2D eigenvalue weighted by atomic mass is 16.5.